The molecule has 0 N–H and O–H groups in total. The number of rotatable bonds is 3. The molecule has 2 rings (SSSR count). The highest BCUT2D eigenvalue weighted by Gasteiger charge is 2.18. The third kappa shape index (κ3) is 2.72. The summed E-state index contributed by atoms with van der Waals surface area (Å²) >= 11 is 1.76. The van der Waals surface area contributed by atoms with Crippen molar-refractivity contribution in [1.29, 1.82) is 0 Å². The number of benzene rings is 1. The van der Waals surface area contributed by atoms with Crippen LogP contribution in [0.5, 0.6) is 0 Å². The van der Waals surface area contributed by atoms with Gasteiger partial charge in [-0.2, -0.15) is 0 Å². The fourth-order valence-corrected chi connectivity index (χ4v) is 2.68. The Balaban J connectivity index is 2.37. The van der Waals surface area contributed by atoms with Crippen LogP contribution in [0.25, 0.3) is 10.2 Å². The van der Waals surface area contributed by atoms with Gasteiger partial charge in [0.2, 0.25) is 0 Å². The molecule has 0 amide bonds. The van der Waals surface area contributed by atoms with Gasteiger partial charge in [0.25, 0.3) is 0 Å². The lowest BCUT2D eigenvalue weighted by Gasteiger charge is -2.13. The standard InChI is InChI=1S/C14H17NOS/c1-14(2,3)13-15-11-9-10(5-4-8-16)6-7-12(11)17-13/h6-9H,4-5H2,1-3H3. The fourth-order valence-electron chi connectivity index (χ4n) is 1.67. The van der Waals surface area contributed by atoms with Gasteiger partial charge in [0.15, 0.2) is 0 Å². The van der Waals surface area contributed by atoms with Crippen LogP contribution in [-0.4, -0.2) is 11.3 Å². The van der Waals surface area contributed by atoms with E-state index in [1.54, 1.807) is 11.3 Å². The second kappa shape index (κ2) is 4.57. The maximum Gasteiger partial charge on any atom is 0.120 e. The van der Waals surface area contributed by atoms with E-state index in [2.05, 4.69) is 44.0 Å². The average Bonchev–Trinajstić information content (AvgIpc) is 2.68. The molecule has 1 aromatic heterocycles. The fraction of sp³-hybridized carbons (Fsp3) is 0.429. The van der Waals surface area contributed by atoms with Gasteiger partial charge in [0, 0.05) is 11.8 Å². The SMILES string of the molecule is CC(C)(C)c1nc2cc(CCC=O)ccc2s1. The van der Waals surface area contributed by atoms with Crippen LogP contribution in [0.3, 0.4) is 0 Å². The Kier molecular flexibility index (Phi) is 3.29. The highest BCUT2D eigenvalue weighted by molar-refractivity contribution is 7.18. The molecule has 1 heterocycles. The number of nitrogens with zero attached hydrogens (tertiary/aromatic N) is 1. The zero-order chi connectivity index (χ0) is 12.5. The lowest BCUT2D eigenvalue weighted by molar-refractivity contribution is -0.107. The first kappa shape index (κ1) is 12.2. The Bertz CT molecular complexity index is 537. The van der Waals surface area contributed by atoms with Crippen LogP contribution in [0, 0.1) is 0 Å². The molecule has 0 fully saturated rings. The van der Waals surface area contributed by atoms with E-state index in [1.807, 2.05) is 0 Å². The highest BCUT2D eigenvalue weighted by Crippen LogP contribution is 2.31. The van der Waals surface area contributed by atoms with Crippen LogP contribution in [0.1, 0.15) is 37.8 Å². The molecule has 0 spiro atoms. The first-order valence-corrected chi connectivity index (χ1v) is 6.66. The van der Waals surface area contributed by atoms with Crippen molar-refractivity contribution in [3.63, 3.8) is 0 Å². The zero-order valence-electron chi connectivity index (χ0n) is 10.5. The van der Waals surface area contributed by atoms with Gasteiger partial charge in [0.05, 0.1) is 15.2 Å². The molecule has 0 radical (unpaired) electrons. The van der Waals surface area contributed by atoms with Gasteiger partial charge in [-0.05, 0) is 24.1 Å². The summed E-state index contributed by atoms with van der Waals surface area (Å²) in [7, 11) is 0. The third-order valence-corrected chi connectivity index (χ3v) is 4.11. The predicted octanol–water partition coefficient (Wildman–Crippen LogP) is 3.73. The molecule has 0 unspecified atom stereocenters. The largest absolute Gasteiger partial charge is 0.303 e. The molecular weight excluding hydrogens is 230 g/mol. The number of fused-ring (bicyclic) bond motifs is 1. The van der Waals surface area contributed by atoms with Gasteiger partial charge >= 0.3 is 0 Å². The molecule has 90 valence electrons. The van der Waals surface area contributed by atoms with Crippen molar-refractivity contribution in [2.45, 2.75) is 39.0 Å². The number of thiazole rings is 1. The Morgan fingerprint density at radius 3 is 2.76 bits per heavy atom. The van der Waals surface area contributed by atoms with Crippen molar-refractivity contribution in [2.24, 2.45) is 0 Å². The monoisotopic (exact) mass is 247 g/mol. The van der Waals surface area contributed by atoms with E-state index in [0.29, 0.717) is 6.42 Å². The van der Waals surface area contributed by atoms with E-state index in [0.717, 1.165) is 18.2 Å². The minimum Gasteiger partial charge on any atom is -0.303 e. The molecular formula is C14H17NOS. The summed E-state index contributed by atoms with van der Waals surface area (Å²) in [5.41, 5.74) is 2.35. The van der Waals surface area contributed by atoms with Gasteiger partial charge in [-0.25, -0.2) is 4.98 Å². The Morgan fingerprint density at radius 2 is 2.12 bits per heavy atom. The maximum atomic E-state index is 10.4. The summed E-state index contributed by atoms with van der Waals surface area (Å²) < 4.78 is 1.23. The van der Waals surface area contributed by atoms with E-state index in [1.165, 1.54) is 15.3 Å². The summed E-state index contributed by atoms with van der Waals surface area (Å²) in [5.74, 6) is 0. The molecule has 0 aliphatic heterocycles. The smallest absolute Gasteiger partial charge is 0.120 e. The maximum absolute atomic E-state index is 10.4. The minimum atomic E-state index is 0.104. The first-order chi connectivity index (χ1) is 8.00. The van der Waals surface area contributed by atoms with Crippen LogP contribution in [-0.2, 0) is 16.6 Å². The number of hydrogen-bond acceptors (Lipinski definition) is 3. The Morgan fingerprint density at radius 1 is 1.35 bits per heavy atom. The summed E-state index contributed by atoms with van der Waals surface area (Å²) in [6.45, 7) is 6.54. The topological polar surface area (TPSA) is 30.0 Å². The van der Waals surface area contributed by atoms with E-state index < -0.39 is 0 Å². The van der Waals surface area contributed by atoms with Crippen LogP contribution >= 0.6 is 11.3 Å². The number of aldehydes is 1. The summed E-state index contributed by atoms with van der Waals surface area (Å²) in [5, 5.41) is 1.17. The van der Waals surface area contributed by atoms with Gasteiger partial charge in [-0.1, -0.05) is 26.8 Å². The average molecular weight is 247 g/mol. The normalized spacial score (nSPS) is 11.9. The molecule has 1 aromatic carbocycles. The minimum absolute atomic E-state index is 0.104. The van der Waals surface area contributed by atoms with Gasteiger partial charge in [-0.15, -0.1) is 11.3 Å². The molecule has 0 aliphatic rings. The van der Waals surface area contributed by atoms with Crippen LogP contribution in [0.4, 0.5) is 0 Å². The van der Waals surface area contributed by atoms with Gasteiger partial charge in [0.1, 0.15) is 6.29 Å². The van der Waals surface area contributed by atoms with Crippen LogP contribution in [0.2, 0.25) is 0 Å². The first-order valence-electron chi connectivity index (χ1n) is 5.84. The molecule has 0 saturated heterocycles. The van der Waals surface area contributed by atoms with E-state index in [4.69, 9.17) is 0 Å². The number of carbonyl (C=O) groups is 1. The molecule has 2 aromatic rings. The lowest BCUT2D eigenvalue weighted by atomic mass is 9.98. The molecule has 0 aliphatic carbocycles. The Labute approximate surface area is 106 Å². The number of aromatic nitrogens is 1. The molecule has 17 heavy (non-hydrogen) atoms. The van der Waals surface area contributed by atoms with E-state index in [9.17, 15) is 4.79 Å². The molecule has 0 atom stereocenters. The quantitative estimate of drug-likeness (QED) is 0.774. The second-order valence-corrected chi connectivity index (χ2v) is 6.31. The predicted molar refractivity (Wildman–Crippen MR) is 72.7 cm³/mol. The van der Waals surface area contributed by atoms with Crippen molar-refractivity contribution >= 4 is 27.8 Å². The second-order valence-electron chi connectivity index (χ2n) is 5.28. The summed E-state index contributed by atoms with van der Waals surface area (Å²) in [4.78, 5) is 15.0. The van der Waals surface area contributed by atoms with Gasteiger partial charge < -0.3 is 4.79 Å². The molecule has 3 heteroatoms. The highest BCUT2D eigenvalue weighted by atomic mass is 32.1. The number of aryl methyl sites for hydroxylation is 1. The van der Waals surface area contributed by atoms with Crippen LogP contribution in [0.15, 0.2) is 18.2 Å². The molecule has 0 saturated carbocycles. The van der Waals surface area contributed by atoms with Crippen molar-refractivity contribution in [1.82, 2.24) is 4.98 Å². The lowest BCUT2D eigenvalue weighted by Crippen LogP contribution is -2.09. The van der Waals surface area contributed by atoms with E-state index >= 15 is 0 Å². The van der Waals surface area contributed by atoms with Crippen LogP contribution < -0.4 is 0 Å². The molecule has 0 bridgehead atoms. The summed E-state index contributed by atoms with van der Waals surface area (Å²) in [6, 6.07) is 6.31. The van der Waals surface area contributed by atoms with Crippen molar-refractivity contribution in [3.8, 4) is 0 Å². The molecule has 2 nitrogen and oxygen atoms in total. The third-order valence-electron chi connectivity index (χ3n) is 2.64. The Hall–Kier alpha value is -1.22. The number of hydrogen-bond donors (Lipinski definition) is 0. The van der Waals surface area contributed by atoms with Crippen molar-refractivity contribution in [2.75, 3.05) is 0 Å². The van der Waals surface area contributed by atoms with Gasteiger partial charge in [-0.3, -0.25) is 0 Å². The summed E-state index contributed by atoms with van der Waals surface area (Å²) in [6.07, 6.45) is 2.36. The van der Waals surface area contributed by atoms with Crippen molar-refractivity contribution in [3.05, 3.63) is 28.8 Å². The number of carbonyl (C=O) groups excluding carboxylic acids is 1. The van der Waals surface area contributed by atoms with E-state index in [-0.39, 0.29) is 5.41 Å². The van der Waals surface area contributed by atoms with Crippen molar-refractivity contribution < 1.29 is 4.79 Å². The zero-order valence-corrected chi connectivity index (χ0v) is 11.3.